The number of hydrogen-bond acceptors (Lipinski definition) is 2. The molecular weight excluding hydrogens is 347 g/mol. The largest absolute Gasteiger partial charge is 0.370 e. The highest BCUT2D eigenvalue weighted by Gasteiger charge is 2.42. The quantitative estimate of drug-likeness (QED) is 0.627. The molecule has 0 spiro atoms. The molecule has 0 aliphatic carbocycles. The van der Waals surface area contributed by atoms with Crippen molar-refractivity contribution in [2.45, 2.75) is 9.96 Å². The molecule has 1 fully saturated rings. The van der Waals surface area contributed by atoms with Crippen LogP contribution >= 0.6 is 34.8 Å². The maximum absolute atomic E-state index is 12.1. The van der Waals surface area contributed by atoms with Crippen LogP contribution in [0.1, 0.15) is 5.56 Å². The average Bonchev–Trinajstić information content (AvgIpc) is 2.51. The van der Waals surface area contributed by atoms with E-state index in [1.807, 2.05) is 30.3 Å². The van der Waals surface area contributed by atoms with E-state index in [-0.39, 0.29) is 5.91 Å². The topological polar surface area (TPSA) is 42.8 Å². The number of rotatable bonds is 4. The Hall–Kier alpha value is -0.780. The van der Waals surface area contributed by atoms with Gasteiger partial charge in [0.2, 0.25) is 12.1 Å². The van der Waals surface area contributed by atoms with Crippen LogP contribution in [0.3, 0.4) is 0 Å². The summed E-state index contributed by atoms with van der Waals surface area (Å²) in [6.07, 6.45) is 2.55. The number of amides is 1. The third kappa shape index (κ3) is 5.45. The van der Waals surface area contributed by atoms with Crippen molar-refractivity contribution in [3.05, 3.63) is 42.0 Å². The fraction of sp³-hybridized carbons (Fsp3) is 0.400. The third-order valence-electron chi connectivity index (χ3n) is 3.38. The number of nitrogens with one attached hydrogen (secondary N) is 2. The van der Waals surface area contributed by atoms with Crippen LogP contribution in [-0.4, -0.2) is 42.2 Å². The van der Waals surface area contributed by atoms with Crippen molar-refractivity contribution in [3.63, 3.8) is 0 Å². The summed E-state index contributed by atoms with van der Waals surface area (Å²) in [4.78, 5) is 13.1. The summed E-state index contributed by atoms with van der Waals surface area (Å²) in [5.74, 6) is -0.292. The molecule has 4 nitrogen and oxygen atoms in total. The summed E-state index contributed by atoms with van der Waals surface area (Å²) in [6, 6.07) is 9.53. The van der Waals surface area contributed by atoms with Crippen LogP contribution in [0, 0.1) is 0 Å². The summed E-state index contributed by atoms with van der Waals surface area (Å²) in [5.41, 5.74) is 0.932. The predicted molar refractivity (Wildman–Crippen MR) is 89.2 cm³/mol. The van der Waals surface area contributed by atoms with Gasteiger partial charge in [0.25, 0.3) is 3.79 Å². The lowest BCUT2D eigenvalue weighted by atomic mass is 10.2. The third-order valence-corrected chi connectivity index (χ3v) is 4.04. The molecule has 120 valence electrons. The standard InChI is InChI=1S/C15H17Cl3N2O2/c16-15(17,18)14(20-8-10-22-11-9-20)19-13(21)7-6-12-4-2-1-3-5-12/h1-7,14H,8-11H2,(H,19,21)/p+1/b7-6+/t14-/m0/s1. The maximum Gasteiger partial charge on any atom is 0.262 e. The van der Waals surface area contributed by atoms with Gasteiger partial charge in [-0.2, -0.15) is 0 Å². The van der Waals surface area contributed by atoms with Crippen molar-refractivity contribution in [2.24, 2.45) is 0 Å². The van der Waals surface area contributed by atoms with Gasteiger partial charge >= 0.3 is 0 Å². The monoisotopic (exact) mass is 363 g/mol. The van der Waals surface area contributed by atoms with Gasteiger partial charge in [-0.15, -0.1) is 0 Å². The second kappa shape index (κ2) is 8.18. The van der Waals surface area contributed by atoms with Crippen LogP contribution < -0.4 is 10.2 Å². The van der Waals surface area contributed by atoms with E-state index in [0.29, 0.717) is 26.3 Å². The Morgan fingerprint density at radius 3 is 2.45 bits per heavy atom. The zero-order valence-corrected chi connectivity index (χ0v) is 14.2. The van der Waals surface area contributed by atoms with Crippen LogP contribution in [0.15, 0.2) is 36.4 Å². The molecule has 2 N–H and O–H groups in total. The van der Waals surface area contributed by atoms with E-state index in [4.69, 9.17) is 39.5 Å². The van der Waals surface area contributed by atoms with Crippen molar-refractivity contribution in [3.8, 4) is 0 Å². The Balaban J connectivity index is 2.00. The molecule has 22 heavy (non-hydrogen) atoms. The van der Waals surface area contributed by atoms with Gasteiger partial charge in [-0.25, -0.2) is 0 Å². The first-order valence-corrected chi connectivity index (χ1v) is 8.13. The summed E-state index contributed by atoms with van der Waals surface area (Å²) in [7, 11) is 0. The van der Waals surface area contributed by atoms with Gasteiger partial charge in [0.05, 0.1) is 13.2 Å². The zero-order chi connectivity index (χ0) is 16.0. The molecule has 0 unspecified atom stereocenters. The minimum atomic E-state index is -1.58. The van der Waals surface area contributed by atoms with Gasteiger partial charge in [0, 0.05) is 6.08 Å². The van der Waals surface area contributed by atoms with Gasteiger partial charge in [0.1, 0.15) is 13.1 Å². The molecule has 2 rings (SSSR count). The molecule has 1 heterocycles. The van der Waals surface area contributed by atoms with Crippen molar-refractivity contribution in [1.82, 2.24) is 5.32 Å². The fourth-order valence-electron chi connectivity index (χ4n) is 2.26. The van der Waals surface area contributed by atoms with Crippen molar-refractivity contribution in [1.29, 1.82) is 0 Å². The SMILES string of the molecule is O=C(/C=C/c1ccccc1)N[C@@H]([NH+]1CCOCC1)C(Cl)(Cl)Cl. The number of carbonyl (C=O) groups is 1. The number of carbonyl (C=O) groups excluding carboxylic acids is 1. The summed E-state index contributed by atoms with van der Waals surface area (Å²) in [5, 5.41) is 2.78. The molecule has 1 atom stereocenters. The molecule has 0 radical (unpaired) electrons. The van der Waals surface area contributed by atoms with Gasteiger partial charge < -0.3 is 9.64 Å². The number of ether oxygens (including phenoxy) is 1. The van der Waals surface area contributed by atoms with Crippen molar-refractivity contribution in [2.75, 3.05) is 26.3 Å². The van der Waals surface area contributed by atoms with Crippen molar-refractivity contribution >= 4 is 46.8 Å². The maximum atomic E-state index is 12.1. The minimum Gasteiger partial charge on any atom is -0.370 e. The smallest absolute Gasteiger partial charge is 0.262 e. The molecule has 1 saturated heterocycles. The number of alkyl halides is 3. The van der Waals surface area contributed by atoms with E-state index < -0.39 is 9.96 Å². The fourth-order valence-corrected chi connectivity index (χ4v) is 2.89. The Labute approximate surface area is 145 Å². The minimum absolute atomic E-state index is 0.292. The van der Waals surface area contributed by atoms with Gasteiger partial charge in [-0.05, 0) is 11.6 Å². The highest BCUT2D eigenvalue weighted by molar-refractivity contribution is 6.68. The molecule has 1 aliphatic heterocycles. The van der Waals surface area contributed by atoms with Gasteiger partial charge in [0.15, 0.2) is 0 Å². The van der Waals surface area contributed by atoms with Gasteiger partial charge in [-0.1, -0.05) is 65.1 Å². The lowest BCUT2D eigenvalue weighted by Crippen LogP contribution is -3.21. The normalized spacial score (nSPS) is 18.3. The first-order chi connectivity index (χ1) is 10.5. The van der Waals surface area contributed by atoms with E-state index in [2.05, 4.69) is 5.32 Å². The Bertz CT molecular complexity index is 511. The van der Waals surface area contributed by atoms with Crippen LogP contribution in [-0.2, 0) is 9.53 Å². The van der Waals surface area contributed by atoms with E-state index >= 15 is 0 Å². The Morgan fingerprint density at radius 2 is 1.86 bits per heavy atom. The number of morpholine rings is 1. The highest BCUT2D eigenvalue weighted by atomic mass is 35.6. The summed E-state index contributed by atoms with van der Waals surface area (Å²) < 4.78 is 3.72. The highest BCUT2D eigenvalue weighted by Crippen LogP contribution is 2.27. The van der Waals surface area contributed by atoms with Crippen LogP contribution in [0.25, 0.3) is 6.08 Å². The zero-order valence-electron chi connectivity index (χ0n) is 11.9. The second-order valence-corrected chi connectivity index (χ2v) is 7.37. The van der Waals surface area contributed by atoms with Crippen LogP contribution in [0.2, 0.25) is 0 Å². The molecule has 0 saturated carbocycles. The predicted octanol–water partition coefficient (Wildman–Crippen LogP) is 1.43. The van der Waals surface area contributed by atoms with Crippen LogP contribution in [0.4, 0.5) is 0 Å². The number of quaternary nitrogens is 1. The average molecular weight is 365 g/mol. The van der Waals surface area contributed by atoms with Crippen LogP contribution in [0.5, 0.6) is 0 Å². The first kappa shape index (κ1) is 17.6. The Morgan fingerprint density at radius 1 is 1.23 bits per heavy atom. The molecule has 7 heteroatoms. The first-order valence-electron chi connectivity index (χ1n) is 6.99. The molecule has 1 aromatic carbocycles. The van der Waals surface area contributed by atoms with E-state index in [1.165, 1.54) is 6.08 Å². The number of benzene rings is 1. The molecule has 0 aromatic heterocycles. The molecule has 1 aliphatic rings. The lowest BCUT2D eigenvalue weighted by molar-refractivity contribution is -0.934. The molecular formula is C15H18Cl3N2O2+. The van der Waals surface area contributed by atoms with Gasteiger partial charge in [-0.3, -0.25) is 10.1 Å². The second-order valence-electron chi connectivity index (χ2n) is 5.00. The summed E-state index contributed by atoms with van der Waals surface area (Å²) >= 11 is 18.1. The van der Waals surface area contributed by atoms with E-state index in [9.17, 15) is 4.79 Å². The molecule has 1 amide bonds. The Kier molecular flexibility index (Phi) is 6.53. The summed E-state index contributed by atoms with van der Waals surface area (Å²) in [6.45, 7) is 2.53. The molecule has 0 bridgehead atoms. The van der Waals surface area contributed by atoms with Crippen molar-refractivity contribution < 1.29 is 14.4 Å². The van der Waals surface area contributed by atoms with E-state index in [1.54, 1.807) is 6.08 Å². The molecule has 1 aromatic rings. The lowest BCUT2D eigenvalue weighted by Gasteiger charge is -2.34. The number of halogens is 3. The van der Waals surface area contributed by atoms with E-state index in [0.717, 1.165) is 10.5 Å². The number of hydrogen-bond donors (Lipinski definition) is 2.